The number of halogens is 4. The number of rotatable bonds is 10. The number of likely N-dealkylation sites (N-methyl/N-ethyl adjacent to an activating group) is 1. The number of nitrogens with zero attached hydrogens (tertiary/aromatic N) is 1. The van der Waals surface area contributed by atoms with Crippen molar-refractivity contribution in [3.05, 3.63) is 47.6 Å². The van der Waals surface area contributed by atoms with Gasteiger partial charge in [0.25, 0.3) is 5.91 Å². The van der Waals surface area contributed by atoms with Crippen LogP contribution in [0.3, 0.4) is 0 Å². The summed E-state index contributed by atoms with van der Waals surface area (Å²) in [5.74, 6) is -1.11. The molecule has 1 aromatic rings. The van der Waals surface area contributed by atoms with Crippen molar-refractivity contribution < 1.29 is 34.1 Å². The number of benzene rings is 1. The van der Waals surface area contributed by atoms with Crippen LogP contribution in [0.1, 0.15) is 24.5 Å². The van der Waals surface area contributed by atoms with Gasteiger partial charge in [-0.15, -0.1) is 0 Å². The molecule has 0 aromatic heterocycles. The minimum Gasteiger partial charge on any atom is -0.495 e. The van der Waals surface area contributed by atoms with Gasteiger partial charge < -0.3 is 39.9 Å². The van der Waals surface area contributed by atoms with Crippen LogP contribution in [-0.4, -0.2) is 67.6 Å². The van der Waals surface area contributed by atoms with Crippen LogP contribution in [0.25, 0.3) is 0 Å². The summed E-state index contributed by atoms with van der Waals surface area (Å²) in [6.45, 7) is 1.01. The number of hydrogen-bond acceptors (Lipinski definition) is 9. The van der Waals surface area contributed by atoms with Gasteiger partial charge in [0.15, 0.2) is 11.8 Å². The van der Waals surface area contributed by atoms with Gasteiger partial charge in [-0.1, -0.05) is 21.1 Å². The van der Waals surface area contributed by atoms with Crippen LogP contribution in [0, 0.1) is 0 Å². The minimum atomic E-state index is -1.60. The second-order valence-electron chi connectivity index (χ2n) is 7.83. The summed E-state index contributed by atoms with van der Waals surface area (Å²) in [6, 6.07) is 3.59. The van der Waals surface area contributed by atoms with Crippen molar-refractivity contribution in [1.82, 2.24) is 10.6 Å². The molecule has 198 valence electrons. The number of hydrogen-bond donors (Lipinski definition) is 4. The number of carbonyl (C=O) groups is 1. The fourth-order valence-electron chi connectivity index (χ4n) is 3.46. The van der Waals surface area contributed by atoms with Crippen LogP contribution in [0.4, 0.5) is 0 Å². The maximum absolute atomic E-state index is 12.6. The lowest BCUT2D eigenvalue weighted by molar-refractivity contribution is -0.225. The highest BCUT2D eigenvalue weighted by atomic mass is 79.9. The first-order valence-electron chi connectivity index (χ1n) is 10.8. The Kier molecular flexibility index (Phi) is 10.7. The number of carbonyl (C=O) groups excluding carboxylic acids is 1. The zero-order valence-corrected chi connectivity index (χ0v) is 25.7. The standard InChI is InChI=1S/C22H25Br4N3O7/c1-27-9-16(30)11-6-12(23)19(13(24)7-11)34-5-3-4-28-21(32)17-20(31)22(36-29-17)8-14(25)18(33-2)15(26)10-35-22/h6-7,10,16,20,27,30-31H,3-5,8-9H2,1-2H3,(H,28,32)/t16?,20-,22?/m0/s1. The van der Waals surface area contributed by atoms with E-state index >= 15 is 0 Å². The lowest BCUT2D eigenvalue weighted by Gasteiger charge is -2.27. The number of ether oxygens (including phenoxy) is 3. The molecule has 3 rings (SSSR count). The second-order valence-corrected chi connectivity index (χ2v) is 11.3. The van der Waals surface area contributed by atoms with Gasteiger partial charge in [-0.05, 0) is 79.0 Å². The van der Waals surface area contributed by atoms with E-state index in [4.69, 9.17) is 19.0 Å². The molecule has 0 radical (unpaired) electrons. The van der Waals surface area contributed by atoms with Crippen molar-refractivity contribution in [2.45, 2.75) is 30.8 Å². The molecule has 14 heteroatoms. The third kappa shape index (κ3) is 6.63. The van der Waals surface area contributed by atoms with Gasteiger partial charge in [-0.3, -0.25) is 4.79 Å². The van der Waals surface area contributed by atoms with Gasteiger partial charge in [0, 0.05) is 17.6 Å². The summed E-state index contributed by atoms with van der Waals surface area (Å²) in [5.41, 5.74) is 0.544. The van der Waals surface area contributed by atoms with Crippen molar-refractivity contribution in [1.29, 1.82) is 0 Å². The first kappa shape index (κ1) is 29.4. The Bertz CT molecular complexity index is 1060. The van der Waals surface area contributed by atoms with Gasteiger partial charge in [0.2, 0.25) is 0 Å². The Balaban J connectivity index is 1.50. The van der Waals surface area contributed by atoms with E-state index in [1.807, 2.05) is 0 Å². The summed E-state index contributed by atoms with van der Waals surface area (Å²) in [5, 5.41) is 30.4. The Morgan fingerprint density at radius 2 is 2.00 bits per heavy atom. The lowest BCUT2D eigenvalue weighted by Crippen LogP contribution is -2.49. The molecule has 1 aromatic carbocycles. The number of oxime groups is 1. The maximum atomic E-state index is 12.6. The number of methoxy groups -OCH3 is 1. The molecule has 36 heavy (non-hydrogen) atoms. The topological polar surface area (TPSA) is 131 Å². The highest BCUT2D eigenvalue weighted by Crippen LogP contribution is 2.41. The van der Waals surface area contributed by atoms with E-state index in [-0.39, 0.29) is 18.7 Å². The molecule has 3 atom stereocenters. The highest BCUT2D eigenvalue weighted by molar-refractivity contribution is 9.12. The monoisotopic (exact) mass is 759 g/mol. The van der Waals surface area contributed by atoms with Crippen molar-refractivity contribution in [2.75, 3.05) is 33.9 Å². The van der Waals surface area contributed by atoms with Crippen LogP contribution in [0.5, 0.6) is 5.75 Å². The number of amides is 1. The average Bonchev–Trinajstić information content (AvgIpc) is 3.08. The van der Waals surface area contributed by atoms with E-state index in [0.29, 0.717) is 49.0 Å². The van der Waals surface area contributed by atoms with E-state index in [0.717, 1.165) is 5.56 Å². The predicted octanol–water partition coefficient (Wildman–Crippen LogP) is 3.70. The zero-order valence-electron chi connectivity index (χ0n) is 19.3. The van der Waals surface area contributed by atoms with Gasteiger partial charge >= 0.3 is 5.79 Å². The number of aliphatic hydroxyl groups is 2. The maximum Gasteiger partial charge on any atom is 0.311 e. The van der Waals surface area contributed by atoms with Crippen LogP contribution in [0.2, 0.25) is 0 Å². The van der Waals surface area contributed by atoms with Gasteiger partial charge in [-0.2, -0.15) is 0 Å². The fraction of sp³-hybridized carbons (Fsp3) is 0.455. The van der Waals surface area contributed by atoms with E-state index in [1.54, 1.807) is 19.2 Å². The Morgan fingerprint density at radius 1 is 1.31 bits per heavy atom. The largest absolute Gasteiger partial charge is 0.495 e. The van der Waals surface area contributed by atoms with E-state index in [9.17, 15) is 15.0 Å². The molecule has 0 aliphatic carbocycles. The first-order chi connectivity index (χ1) is 17.1. The molecule has 0 fully saturated rings. The van der Waals surface area contributed by atoms with Crippen molar-refractivity contribution >= 4 is 75.3 Å². The van der Waals surface area contributed by atoms with Crippen molar-refractivity contribution in [3.63, 3.8) is 0 Å². The third-order valence-electron chi connectivity index (χ3n) is 5.29. The summed E-state index contributed by atoms with van der Waals surface area (Å²) in [6.07, 6.45) is -0.205. The summed E-state index contributed by atoms with van der Waals surface area (Å²) >= 11 is 13.7. The van der Waals surface area contributed by atoms with Crippen LogP contribution in [0.15, 0.2) is 47.2 Å². The summed E-state index contributed by atoms with van der Waals surface area (Å²) in [4.78, 5) is 18.0. The molecule has 2 heterocycles. The molecule has 1 spiro atoms. The molecular weight excluding hydrogens is 738 g/mol. The van der Waals surface area contributed by atoms with E-state index in [1.165, 1.54) is 13.4 Å². The molecule has 4 N–H and O–H groups in total. The molecule has 0 bridgehead atoms. The third-order valence-corrected chi connectivity index (χ3v) is 7.66. The normalized spacial score (nSPS) is 22.3. The van der Waals surface area contributed by atoms with Crippen molar-refractivity contribution in [2.24, 2.45) is 5.16 Å². The Morgan fingerprint density at radius 3 is 2.64 bits per heavy atom. The quantitative estimate of drug-likeness (QED) is 0.266. The van der Waals surface area contributed by atoms with E-state index < -0.39 is 23.9 Å². The Labute approximate surface area is 242 Å². The SMILES string of the molecule is CNCC(O)c1cc(Br)c(OCCCNC(=O)C2=NOC3(CC(Br)=C(OC)C(Br)=CO3)[C@H]2O)c(Br)c1. The Hall–Kier alpha value is -1.16. The molecule has 2 aliphatic heterocycles. The van der Waals surface area contributed by atoms with Crippen molar-refractivity contribution in [3.8, 4) is 5.75 Å². The highest BCUT2D eigenvalue weighted by Gasteiger charge is 2.54. The minimum absolute atomic E-state index is 0.0611. The van der Waals surface area contributed by atoms with Gasteiger partial charge in [0.05, 0.1) is 39.7 Å². The van der Waals surface area contributed by atoms with Gasteiger partial charge in [0.1, 0.15) is 17.8 Å². The van der Waals surface area contributed by atoms with Crippen LogP contribution in [-0.2, 0) is 19.1 Å². The molecular formula is C22H25Br4N3O7. The number of nitrogens with one attached hydrogen (secondary N) is 2. The average molecular weight is 763 g/mol. The molecule has 2 unspecified atom stereocenters. The molecule has 1 amide bonds. The second kappa shape index (κ2) is 13.1. The lowest BCUT2D eigenvalue weighted by atomic mass is 10.0. The van der Waals surface area contributed by atoms with Gasteiger partial charge in [-0.25, -0.2) is 0 Å². The van der Waals surface area contributed by atoms with Crippen LogP contribution >= 0.6 is 63.7 Å². The molecule has 0 saturated carbocycles. The molecule has 0 saturated heterocycles. The van der Waals surface area contributed by atoms with Crippen LogP contribution < -0.4 is 15.4 Å². The summed E-state index contributed by atoms with van der Waals surface area (Å²) in [7, 11) is 3.26. The summed E-state index contributed by atoms with van der Waals surface area (Å²) < 4.78 is 19.2. The number of allylic oxidation sites excluding steroid dienone is 1. The van der Waals surface area contributed by atoms with E-state index in [2.05, 4.69) is 79.5 Å². The predicted molar refractivity (Wildman–Crippen MR) is 147 cm³/mol. The molecule has 2 aliphatic rings. The first-order valence-corrected chi connectivity index (χ1v) is 13.9. The zero-order chi connectivity index (χ0) is 26.5. The fourth-order valence-corrected chi connectivity index (χ4v) is 6.43. The molecule has 10 nitrogen and oxygen atoms in total. The smallest absolute Gasteiger partial charge is 0.311 e. The number of aliphatic hydroxyl groups excluding tert-OH is 2.